The second-order valence-electron chi connectivity index (χ2n) is 5.10. The van der Waals surface area contributed by atoms with E-state index in [2.05, 4.69) is 5.32 Å². The van der Waals surface area contributed by atoms with Gasteiger partial charge >= 0.3 is 0 Å². The lowest BCUT2D eigenvalue weighted by atomic mass is 9.98. The van der Waals surface area contributed by atoms with Crippen LogP contribution in [0.4, 0.5) is 0 Å². The van der Waals surface area contributed by atoms with E-state index in [1.165, 1.54) is 0 Å². The second-order valence-corrected chi connectivity index (χ2v) is 5.95. The molecule has 0 unspecified atom stereocenters. The monoisotopic (exact) mass is 336 g/mol. The van der Waals surface area contributed by atoms with E-state index in [1.54, 1.807) is 12.1 Å². The van der Waals surface area contributed by atoms with E-state index < -0.39 is 5.54 Å². The Kier molecular flexibility index (Phi) is 6.59. The lowest BCUT2D eigenvalue weighted by Gasteiger charge is -2.22. The number of amides is 1. The summed E-state index contributed by atoms with van der Waals surface area (Å²) in [6, 6.07) is 5.39. The molecule has 0 radical (unpaired) electrons. The zero-order chi connectivity index (χ0) is 13.9. The highest BCUT2D eigenvalue weighted by molar-refractivity contribution is 6.35. The molecule has 0 aliphatic heterocycles. The summed E-state index contributed by atoms with van der Waals surface area (Å²) in [4.78, 5) is 12.0. The molecule has 1 aliphatic carbocycles. The summed E-state index contributed by atoms with van der Waals surface area (Å²) in [5.74, 6) is -0.0462. The smallest absolute Gasteiger partial charge is 0.240 e. The maximum atomic E-state index is 12.0. The molecule has 1 aliphatic rings. The van der Waals surface area contributed by atoms with Crippen LogP contribution in [-0.4, -0.2) is 18.0 Å². The third-order valence-electron chi connectivity index (χ3n) is 3.64. The molecule has 0 bridgehead atoms. The van der Waals surface area contributed by atoms with Crippen molar-refractivity contribution in [3.63, 3.8) is 0 Å². The average Bonchev–Trinajstić information content (AvgIpc) is 2.80. The van der Waals surface area contributed by atoms with Gasteiger partial charge in [-0.3, -0.25) is 4.79 Å². The molecule has 1 fully saturated rings. The van der Waals surface area contributed by atoms with Crippen LogP contribution < -0.4 is 11.1 Å². The predicted octanol–water partition coefficient (Wildman–Crippen LogP) is 3.35. The van der Waals surface area contributed by atoms with Gasteiger partial charge in [-0.25, -0.2) is 0 Å². The Balaban J connectivity index is 0.00000200. The van der Waals surface area contributed by atoms with Gasteiger partial charge in [0.1, 0.15) is 0 Å². The van der Waals surface area contributed by atoms with Crippen molar-refractivity contribution in [2.75, 3.05) is 6.54 Å². The number of hydrogen-bond acceptors (Lipinski definition) is 2. The molecule has 1 aromatic rings. The molecule has 112 valence electrons. The quantitative estimate of drug-likeness (QED) is 0.885. The van der Waals surface area contributed by atoms with E-state index in [-0.39, 0.29) is 18.3 Å². The highest BCUT2D eigenvalue weighted by atomic mass is 35.5. The lowest BCUT2D eigenvalue weighted by molar-refractivity contribution is -0.126. The first-order valence-corrected chi connectivity index (χ1v) is 7.28. The van der Waals surface area contributed by atoms with Crippen LogP contribution in [0.2, 0.25) is 10.0 Å². The number of carbonyl (C=O) groups is 1. The van der Waals surface area contributed by atoms with Crippen molar-refractivity contribution in [2.45, 2.75) is 37.6 Å². The van der Waals surface area contributed by atoms with Crippen molar-refractivity contribution >= 4 is 41.5 Å². The van der Waals surface area contributed by atoms with Crippen LogP contribution in [0.3, 0.4) is 0 Å². The van der Waals surface area contributed by atoms with Crippen LogP contribution in [0, 0.1) is 0 Å². The molecule has 6 heteroatoms. The molecule has 2 rings (SSSR count). The Morgan fingerprint density at radius 2 is 1.95 bits per heavy atom. The topological polar surface area (TPSA) is 55.1 Å². The van der Waals surface area contributed by atoms with E-state index in [0.717, 1.165) is 31.2 Å². The first-order valence-electron chi connectivity index (χ1n) is 6.52. The fraction of sp³-hybridized carbons (Fsp3) is 0.500. The van der Waals surface area contributed by atoms with E-state index in [4.69, 9.17) is 28.9 Å². The van der Waals surface area contributed by atoms with Gasteiger partial charge in [0.15, 0.2) is 0 Å². The SMILES string of the molecule is Cl.NC1(C(=O)NCCc2ccc(Cl)cc2Cl)CCCC1. The Morgan fingerprint density at radius 1 is 1.30 bits per heavy atom. The summed E-state index contributed by atoms with van der Waals surface area (Å²) in [6.07, 6.45) is 4.30. The van der Waals surface area contributed by atoms with Crippen LogP contribution in [0.5, 0.6) is 0 Å². The minimum atomic E-state index is -0.663. The average molecular weight is 338 g/mol. The molecular weight excluding hydrogens is 319 g/mol. The number of hydrogen-bond donors (Lipinski definition) is 2. The maximum absolute atomic E-state index is 12.0. The number of rotatable bonds is 4. The first-order chi connectivity index (χ1) is 9.01. The molecule has 3 N–H and O–H groups in total. The van der Waals surface area contributed by atoms with Crippen molar-refractivity contribution in [3.8, 4) is 0 Å². The van der Waals surface area contributed by atoms with E-state index in [0.29, 0.717) is 23.0 Å². The zero-order valence-electron chi connectivity index (χ0n) is 11.1. The van der Waals surface area contributed by atoms with Gasteiger partial charge in [-0.1, -0.05) is 42.1 Å². The minimum absolute atomic E-state index is 0. The van der Waals surface area contributed by atoms with Crippen LogP contribution in [0.1, 0.15) is 31.2 Å². The van der Waals surface area contributed by atoms with Gasteiger partial charge in [0, 0.05) is 16.6 Å². The third kappa shape index (κ3) is 4.26. The normalized spacial score (nSPS) is 16.6. The van der Waals surface area contributed by atoms with E-state index in [9.17, 15) is 4.79 Å². The molecule has 0 atom stereocenters. The van der Waals surface area contributed by atoms with E-state index in [1.807, 2.05) is 6.07 Å². The molecule has 1 amide bonds. The summed E-state index contributed by atoms with van der Waals surface area (Å²) in [5.41, 5.74) is 6.39. The summed E-state index contributed by atoms with van der Waals surface area (Å²) in [5, 5.41) is 4.14. The molecule has 1 aromatic carbocycles. The third-order valence-corrected chi connectivity index (χ3v) is 4.23. The first kappa shape index (κ1) is 17.6. The second kappa shape index (κ2) is 7.51. The highest BCUT2D eigenvalue weighted by Gasteiger charge is 2.36. The van der Waals surface area contributed by atoms with Crippen LogP contribution >= 0.6 is 35.6 Å². The van der Waals surface area contributed by atoms with Gasteiger partial charge in [-0.15, -0.1) is 12.4 Å². The fourth-order valence-corrected chi connectivity index (χ4v) is 2.95. The summed E-state index contributed by atoms with van der Waals surface area (Å²) in [6.45, 7) is 0.541. The summed E-state index contributed by atoms with van der Waals surface area (Å²) in [7, 11) is 0. The lowest BCUT2D eigenvalue weighted by Crippen LogP contribution is -2.52. The molecular formula is C14H19Cl3N2O. The van der Waals surface area contributed by atoms with Crippen molar-refractivity contribution in [2.24, 2.45) is 5.73 Å². The molecule has 0 heterocycles. The highest BCUT2D eigenvalue weighted by Crippen LogP contribution is 2.27. The molecule has 0 spiro atoms. The largest absolute Gasteiger partial charge is 0.354 e. The van der Waals surface area contributed by atoms with Crippen LogP contribution in [0.15, 0.2) is 18.2 Å². The number of carbonyl (C=O) groups excluding carboxylic acids is 1. The zero-order valence-corrected chi connectivity index (χ0v) is 13.5. The van der Waals surface area contributed by atoms with Crippen molar-refractivity contribution < 1.29 is 4.79 Å². The molecule has 3 nitrogen and oxygen atoms in total. The van der Waals surface area contributed by atoms with Gasteiger partial charge in [0.05, 0.1) is 5.54 Å². The summed E-state index contributed by atoms with van der Waals surface area (Å²) >= 11 is 11.9. The van der Waals surface area contributed by atoms with Gasteiger partial charge in [0.2, 0.25) is 5.91 Å². The minimum Gasteiger partial charge on any atom is -0.354 e. The maximum Gasteiger partial charge on any atom is 0.240 e. The predicted molar refractivity (Wildman–Crippen MR) is 85.8 cm³/mol. The molecule has 0 saturated heterocycles. The van der Waals surface area contributed by atoms with Crippen molar-refractivity contribution in [1.29, 1.82) is 0 Å². The van der Waals surface area contributed by atoms with Crippen LogP contribution in [0.25, 0.3) is 0 Å². The number of nitrogens with two attached hydrogens (primary N) is 1. The number of halogens is 3. The van der Waals surface area contributed by atoms with Gasteiger partial charge in [-0.05, 0) is 37.0 Å². The summed E-state index contributed by atoms with van der Waals surface area (Å²) < 4.78 is 0. The molecule has 20 heavy (non-hydrogen) atoms. The van der Waals surface area contributed by atoms with Crippen LogP contribution in [-0.2, 0) is 11.2 Å². The van der Waals surface area contributed by atoms with Crippen molar-refractivity contribution in [3.05, 3.63) is 33.8 Å². The number of benzene rings is 1. The standard InChI is InChI=1S/C14H18Cl2N2O.ClH/c15-11-4-3-10(12(16)9-11)5-8-18-13(19)14(17)6-1-2-7-14;/h3-4,9H,1-2,5-8,17H2,(H,18,19);1H. The molecule has 0 aromatic heterocycles. The number of nitrogens with one attached hydrogen (secondary N) is 1. The van der Waals surface area contributed by atoms with Gasteiger partial charge in [0.25, 0.3) is 0 Å². The Labute approximate surface area is 135 Å². The van der Waals surface area contributed by atoms with E-state index >= 15 is 0 Å². The van der Waals surface area contributed by atoms with Gasteiger partial charge < -0.3 is 11.1 Å². The molecule has 1 saturated carbocycles. The van der Waals surface area contributed by atoms with Gasteiger partial charge in [-0.2, -0.15) is 0 Å². The Bertz CT molecular complexity index is 473. The Hall–Kier alpha value is -0.480. The Morgan fingerprint density at radius 3 is 2.55 bits per heavy atom. The fourth-order valence-electron chi connectivity index (χ4n) is 2.44. The van der Waals surface area contributed by atoms with Crippen molar-refractivity contribution in [1.82, 2.24) is 5.32 Å².